The van der Waals surface area contributed by atoms with E-state index in [0.717, 1.165) is 26.2 Å². The van der Waals surface area contributed by atoms with Gasteiger partial charge < -0.3 is 15.1 Å². The molecule has 1 aromatic heterocycles. The predicted molar refractivity (Wildman–Crippen MR) is 58.0 cm³/mol. The summed E-state index contributed by atoms with van der Waals surface area (Å²) in [5, 5.41) is 15.1. The number of nitrogens with zero attached hydrogens (tertiary/aromatic N) is 6. The fraction of sp³-hybridized carbons (Fsp3) is 0.778. The van der Waals surface area contributed by atoms with Gasteiger partial charge in [0.2, 0.25) is 0 Å². The van der Waals surface area contributed by atoms with Gasteiger partial charge in [-0.25, -0.2) is 4.79 Å². The number of tetrazole rings is 1. The molecule has 0 aromatic carbocycles. The van der Waals surface area contributed by atoms with Crippen LogP contribution in [0, 0.1) is 0 Å². The number of carbonyl (C=O) groups excluding carboxylic acids is 1. The van der Waals surface area contributed by atoms with E-state index in [4.69, 9.17) is 0 Å². The van der Waals surface area contributed by atoms with E-state index in [-0.39, 0.29) is 12.1 Å². The molecule has 1 atom stereocenters. The Labute approximate surface area is 98.6 Å². The average Bonchev–Trinajstić information content (AvgIpc) is 2.86. The van der Waals surface area contributed by atoms with Gasteiger partial charge >= 0.3 is 6.03 Å². The van der Waals surface area contributed by atoms with Crippen molar-refractivity contribution in [3.63, 3.8) is 0 Å². The molecule has 17 heavy (non-hydrogen) atoms. The predicted octanol–water partition coefficient (Wildman–Crippen LogP) is -1.58. The Morgan fingerprint density at radius 2 is 2.41 bits per heavy atom. The van der Waals surface area contributed by atoms with Crippen molar-refractivity contribution >= 4 is 6.03 Å². The van der Waals surface area contributed by atoms with Crippen molar-refractivity contribution in [2.45, 2.75) is 12.6 Å². The molecule has 2 fully saturated rings. The molecule has 92 valence electrons. The lowest BCUT2D eigenvalue weighted by Gasteiger charge is -2.28. The van der Waals surface area contributed by atoms with Crippen LogP contribution in [-0.2, 0) is 13.6 Å². The van der Waals surface area contributed by atoms with Crippen molar-refractivity contribution in [1.82, 2.24) is 35.3 Å². The SMILES string of the molecule is Cn1nnc(CN2CC3CNCCN3C2=O)n1. The van der Waals surface area contributed by atoms with E-state index < -0.39 is 0 Å². The first-order chi connectivity index (χ1) is 8.24. The highest BCUT2D eigenvalue weighted by molar-refractivity contribution is 5.77. The lowest BCUT2D eigenvalue weighted by molar-refractivity contribution is 0.177. The number of piperazine rings is 1. The molecule has 3 rings (SSSR count). The number of amides is 2. The van der Waals surface area contributed by atoms with Crippen LogP contribution in [0.3, 0.4) is 0 Å². The largest absolute Gasteiger partial charge is 0.320 e. The average molecular weight is 237 g/mol. The molecular formula is C9H15N7O. The van der Waals surface area contributed by atoms with Crippen molar-refractivity contribution in [1.29, 1.82) is 0 Å². The van der Waals surface area contributed by atoms with Crippen LogP contribution >= 0.6 is 0 Å². The summed E-state index contributed by atoms with van der Waals surface area (Å²) in [6.45, 7) is 3.72. The molecule has 1 unspecified atom stereocenters. The summed E-state index contributed by atoms with van der Waals surface area (Å²) in [5.74, 6) is 0.591. The second-order valence-corrected chi connectivity index (χ2v) is 4.41. The zero-order valence-electron chi connectivity index (χ0n) is 9.70. The highest BCUT2D eigenvalue weighted by Gasteiger charge is 2.38. The Morgan fingerprint density at radius 3 is 3.12 bits per heavy atom. The Bertz CT molecular complexity index is 431. The van der Waals surface area contributed by atoms with E-state index >= 15 is 0 Å². The molecule has 0 aliphatic carbocycles. The van der Waals surface area contributed by atoms with E-state index in [1.165, 1.54) is 4.80 Å². The van der Waals surface area contributed by atoms with Gasteiger partial charge in [0.05, 0.1) is 19.6 Å². The molecule has 8 nitrogen and oxygen atoms in total. The minimum atomic E-state index is 0.0870. The van der Waals surface area contributed by atoms with Crippen molar-refractivity contribution in [3.8, 4) is 0 Å². The van der Waals surface area contributed by atoms with Crippen molar-refractivity contribution < 1.29 is 4.79 Å². The quantitative estimate of drug-likeness (QED) is 0.671. The topological polar surface area (TPSA) is 79.2 Å². The molecule has 1 aromatic rings. The van der Waals surface area contributed by atoms with Gasteiger partial charge in [-0.05, 0) is 5.21 Å². The zero-order valence-corrected chi connectivity index (χ0v) is 9.70. The number of rotatable bonds is 2. The van der Waals surface area contributed by atoms with Gasteiger partial charge in [-0.15, -0.1) is 10.2 Å². The number of aromatic nitrogens is 4. The van der Waals surface area contributed by atoms with E-state index in [9.17, 15) is 4.79 Å². The highest BCUT2D eigenvalue weighted by atomic mass is 16.2. The summed E-state index contributed by atoms with van der Waals surface area (Å²) >= 11 is 0. The van der Waals surface area contributed by atoms with Crippen LogP contribution in [-0.4, -0.2) is 68.3 Å². The maximum Gasteiger partial charge on any atom is 0.320 e. The smallest absolute Gasteiger partial charge is 0.317 e. The summed E-state index contributed by atoms with van der Waals surface area (Å²) in [6, 6.07) is 0.372. The van der Waals surface area contributed by atoms with E-state index in [2.05, 4.69) is 20.7 Å². The fourth-order valence-corrected chi connectivity index (χ4v) is 2.38. The molecule has 8 heteroatoms. The van der Waals surface area contributed by atoms with E-state index in [1.54, 1.807) is 11.9 Å². The Balaban J connectivity index is 1.70. The summed E-state index contributed by atoms with van der Waals surface area (Å²) in [4.78, 5) is 17.2. The number of carbonyl (C=O) groups is 1. The molecule has 0 saturated carbocycles. The second kappa shape index (κ2) is 3.95. The van der Waals surface area contributed by atoms with Crippen LogP contribution in [0.1, 0.15) is 5.82 Å². The molecule has 3 heterocycles. The molecule has 2 amide bonds. The molecule has 0 radical (unpaired) electrons. The summed E-state index contributed by atoms with van der Waals surface area (Å²) < 4.78 is 0. The van der Waals surface area contributed by atoms with E-state index in [1.807, 2.05) is 4.90 Å². The first kappa shape index (κ1) is 10.5. The fourth-order valence-electron chi connectivity index (χ4n) is 2.38. The minimum absolute atomic E-state index is 0.0870. The molecule has 0 spiro atoms. The lowest BCUT2D eigenvalue weighted by atomic mass is 10.2. The number of aryl methyl sites for hydroxylation is 1. The van der Waals surface area contributed by atoms with Gasteiger partial charge in [-0.2, -0.15) is 4.80 Å². The standard InChI is InChI=1S/C9H15N7O/c1-14-12-8(11-13-14)6-15-5-7-4-10-2-3-16(7)9(15)17/h7,10H,2-6H2,1H3. The molecule has 2 aliphatic heterocycles. The summed E-state index contributed by atoms with van der Waals surface area (Å²) in [7, 11) is 1.72. The van der Waals surface area contributed by atoms with Gasteiger partial charge in [0, 0.05) is 26.2 Å². The van der Waals surface area contributed by atoms with Crippen LogP contribution in [0.15, 0.2) is 0 Å². The van der Waals surface area contributed by atoms with Gasteiger partial charge in [0.15, 0.2) is 5.82 Å². The highest BCUT2D eigenvalue weighted by Crippen LogP contribution is 2.18. The second-order valence-electron chi connectivity index (χ2n) is 4.41. The lowest BCUT2D eigenvalue weighted by Crippen LogP contribution is -2.49. The van der Waals surface area contributed by atoms with Crippen LogP contribution in [0.5, 0.6) is 0 Å². The zero-order chi connectivity index (χ0) is 11.8. The Morgan fingerprint density at radius 1 is 1.53 bits per heavy atom. The van der Waals surface area contributed by atoms with Crippen LogP contribution in [0.2, 0.25) is 0 Å². The van der Waals surface area contributed by atoms with Gasteiger partial charge in [0.1, 0.15) is 0 Å². The Kier molecular flexibility index (Phi) is 2.43. The first-order valence-corrected chi connectivity index (χ1v) is 5.73. The van der Waals surface area contributed by atoms with Gasteiger partial charge in [0.25, 0.3) is 0 Å². The van der Waals surface area contributed by atoms with Crippen molar-refractivity contribution in [2.24, 2.45) is 7.05 Å². The van der Waals surface area contributed by atoms with Crippen molar-refractivity contribution in [2.75, 3.05) is 26.2 Å². The number of urea groups is 1. The third-order valence-electron chi connectivity index (χ3n) is 3.18. The number of nitrogens with one attached hydrogen (secondary N) is 1. The third-order valence-corrected chi connectivity index (χ3v) is 3.18. The van der Waals surface area contributed by atoms with Crippen LogP contribution in [0.25, 0.3) is 0 Å². The maximum atomic E-state index is 12.1. The van der Waals surface area contributed by atoms with Crippen LogP contribution in [0.4, 0.5) is 4.79 Å². The van der Waals surface area contributed by atoms with Crippen LogP contribution < -0.4 is 5.32 Å². The maximum absolute atomic E-state index is 12.1. The summed E-state index contributed by atoms with van der Waals surface area (Å²) in [6.07, 6.45) is 0. The molecule has 2 aliphatic rings. The number of fused-ring (bicyclic) bond motifs is 1. The van der Waals surface area contributed by atoms with Gasteiger partial charge in [-0.1, -0.05) is 0 Å². The van der Waals surface area contributed by atoms with E-state index in [0.29, 0.717) is 12.4 Å². The normalized spacial score (nSPS) is 24.3. The molecule has 0 bridgehead atoms. The first-order valence-electron chi connectivity index (χ1n) is 5.73. The molecular weight excluding hydrogens is 222 g/mol. The summed E-state index contributed by atoms with van der Waals surface area (Å²) in [5.41, 5.74) is 0. The molecule has 2 saturated heterocycles. The number of hydrogen-bond donors (Lipinski definition) is 1. The monoisotopic (exact) mass is 237 g/mol. The van der Waals surface area contributed by atoms with Gasteiger partial charge in [-0.3, -0.25) is 0 Å². The van der Waals surface area contributed by atoms with Crippen molar-refractivity contribution in [3.05, 3.63) is 5.82 Å². The molecule has 1 N–H and O–H groups in total. The Hall–Kier alpha value is -1.70. The minimum Gasteiger partial charge on any atom is -0.317 e. The third kappa shape index (κ3) is 1.84. The number of hydrogen-bond acceptors (Lipinski definition) is 5.